The molecule has 0 spiro atoms. The van der Waals surface area contributed by atoms with Crippen LogP contribution in [0.4, 0.5) is 10.1 Å². The molecule has 0 fully saturated rings. The van der Waals surface area contributed by atoms with Crippen molar-refractivity contribution < 1.29 is 13.6 Å². The predicted octanol–water partition coefficient (Wildman–Crippen LogP) is 2.82. The van der Waals surface area contributed by atoms with Gasteiger partial charge in [-0.3, -0.25) is 9.78 Å². The molecule has 106 valence electrons. The maximum Gasteiger partial charge on any atom is 0.417 e. The molecule has 3 aromatic rings. The summed E-state index contributed by atoms with van der Waals surface area (Å²) < 4.78 is 18.8. The Morgan fingerprint density at radius 1 is 1.29 bits per heavy atom. The van der Waals surface area contributed by atoms with Gasteiger partial charge in [0, 0.05) is 5.69 Å². The number of amides is 1. The number of aryl methyl sites for hydroxylation is 1. The molecule has 1 heterocycles. The van der Waals surface area contributed by atoms with Crippen LogP contribution in [-0.4, -0.2) is 10.9 Å². The van der Waals surface area contributed by atoms with Gasteiger partial charge in [-0.15, -0.1) is 0 Å². The third kappa shape index (κ3) is 2.43. The average molecular weight is 286 g/mol. The van der Waals surface area contributed by atoms with Gasteiger partial charge in [-0.2, -0.15) is 0 Å². The number of fused-ring (bicyclic) bond motifs is 1. The fourth-order valence-electron chi connectivity index (χ4n) is 2.05. The second kappa shape index (κ2) is 4.90. The number of hydrogen-bond donors (Lipinski definition) is 2. The first kappa shape index (κ1) is 13.1. The molecule has 0 bridgehead atoms. The largest absolute Gasteiger partial charge is 0.417 e. The number of rotatable bonds is 2. The number of carbonyl (C=O) groups is 1. The summed E-state index contributed by atoms with van der Waals surface area (Å²) in [5.74, 6) is -1.67. The van der Waals surface area contributed by atoms with Crippen LogP contribution in [0.5, 0.6) is 0 Å². The molecule has 6 heteroatoms. The molecule has 0 radical (unpaired) electrons. The number of halogens is 1. The summed E-state index contributed by atoms with van der Waals surface area (Å²) in [6.07, 6.45) is 0. The minimum Gasteiger partial charge on any atom is -0.408 e. The summed E-state index contributed by atoms with van der Waals surface area (Å²) in [7, 11) is 0. The van der Waals surface area contributed by atoms with E-state index in [4.69, 9.17) is 4.42 Å². The first-order valence-electron chi connectivity index (χ1n) is 6.24. The number of H-pyrrole nitrogens is 1. The zero-order chi connectivity index (χ0) is 15.0. The molecule has 21 heavy (non-hydrogen) atoms. The normalized spacial score (nSPS) is 10.8. The van der Waals surface area contributed by atoms with E-state index < -0.39 is 17.5 Å². The monoisotopic (exact) mass is 286 g/mol. The maximum absolute atomic E-state index is 13.9. The van der Waals surface area contributed by atoms with E-state index in [9.17, 15) is 14.0 Å². The zero-order valence-electron chi connectivity index (χ0n) is 11.1. The minimum absolute atomic E-state index is 0.0317. The van der Waals surface area contributed by atoms with Crippen LogP contribution in [-0.2, 0) is 0 Å². The van der Waals surface area contributed by atoms with Crippen molar-refractivity contribution in [3.05, 3.63) is 63.9 Å². The number of aromatic amines is 1. The minimum atomic E-state index is -0.571. The molecule has 3 rings (SSSR count). The van der Waals surface area contributed by atoms with Gasteiger partial charge in [-0.05, 0) is 36.8 Å². The second-order valence-corrected chi connectivity index (χ2v) is 4.62. The van der Waals surface area contributed by atoms with Gasteiger partial charge in [0.1, 0.15) is 5.82 Å². The second-order valence-electron chi connectivity index (χ2n) is 4.62. The molecule has 2 N–H and O–H groups in total. The SMILES string of the molecule is Cc1cccc(C(=O)Nc2ccc3oc(=O)[nH]c3c2)c1F. The van der Waals surface area contributed by atoms with E-state index in [1.807, 2.05) is 0 Å². The Morgan fingerprint density at radius 3 is 2.90 bits per heavy atom. The van der Waals surface area contributed by atoms with Gasteiger partial charge in [-0.25, -0.2) is 9.18 Å². The van der Waals surface area contributed by atoms with E-state index in [1.54, 1.807) is 37.3 Å². The summed E-state index contributed by atoms with van der Waals surface area (Å²) in [6.45, 7) is 1.59. The lowest BCUT2D eigenvalue weighted by Gasteiger charge is -2.07. The van der Waals surface area contributed by atoms with Crippen LogP contribution >= 0.6 is 0 Å². The molecule has 0 saturated heterocycles. The number of benzene rings is 2. The van der Waals surface area contributed by atoms with Crippen molar-refractivity contribution >= 4 is 22.7 Å². The van der Waals surface area contributed by atoms with Gasteiger partial charge in [0.15, 0.2) is 5.58 Å². The van der Waals surface area contributed by atoms with Crippen LogP contribution in [0.1, 0.15) is 15.9 Å². The standard InChI is InChI=1S/C15H11FN2O3/c1-8-3-2-4-10(13(8)16)14(19)17-9-5-6-12-11(7-9)18-15(20)21-12/h2-7H,1H3,(H,17,19)(H,18,20). The van der Waals surface area contributed by atoms with Crippen molar-refractivity contribution in [3.8, 4) is 0 Å². The molecular formula is C15H11FN2O3. The Labute approximate surface area is 118 Å². The summed E-state index contributed by atoms with van der Waals surface area (Å²) in [5, 5.41) is 2.59. The molecule has 0 aliphatic carbocycles. The van der Waals surface area contributed by atoms with Gasteiger partial charge < -0.3 is 9.73 Å². The van der Waals surface area contributed by atoms with Crippen molar-refractivity contribution in [2.75, 3.05) is 5.32 Å². The van der Waals surface area contributed by atoms with E-state index in [2.05, 4.69) is 10.3 Å². The number of oxazole rings is 1. The molecule has 0 aliphatic rings. The third-order valence-electron chi connectivity index (χ3n) is 3.11. The topological polar surface area (TPSA) is 75.1 Å². The number of nitrogens with one attached hydrogen (secondary N) is 2. The first-order valence-corrected chi connectivity index (χ1v) is 6.24. The van der Waals surface area contributed by atoms with E-state index in [1.165, 1.54) is 6.07 Å². The Balaban J connectivity index is 1.92. The highest BCUT2D eigenvalue weighted by Gasteiger charge is 2.13. The molecule has 5 nitrogen and oxygen atoms in total. The molecule has 1 aromatic heterocycles. The molecule has 2 aromatic carbocycles. The maximum atomic E-state index is 13.9. The molecule has 0 atom stereocenters. The van der Waals surface area contributed by atoms with Gasteiger partial charge in [0.05, 0.1) is 11.1 Å². The fourth-order valence-corrected chi connectivity index (χ4v) is 2.05. The molecule has 1 amide bonds. The number of carbonyl (C=O) groups excluding carboxylic acids is 1. The van der Waals surface area contributed by atoms with Crippen molar-refractivity contribution in [2.45, 2.75) is 6.92 Å². The summed E-state index contributed by atoms with van der Waals surface area (Å²) in [6, 6.07) is 9.29. The molecular weight excluding hydrogens is 275 g/mol. The fraction of sp³-hybridized carbons (Fsp3) is 0.0667. The van der Waals surface area contributed by atoms with Gasteiger partial charge in [-0.1, -0.05) is 12.1 Å². The lowest BCUT2D eigenvalue weighted by Crippen LogP contribution is -2.14. The Kier molecular flexibility index (Phi) is 3.06. The zero-order valence-corrected chi connectivity index (χ0v) is 11.1. The molecule has 0 aliphatic heterocycles. The highest BCUT2D eigenvalue weighted by Crippen LogP contribution is 2.18. The van der Waals surface area contributed by atoms with Crippen molar-refractivity contribution in [2.24, 2.45) is 0 Å². The molecule has 0 saturated carbocycles. The van der Waals surface area contributed by atoms with Gasteiger partial charge >= 0.3 is 5.76 Å². The molecule has 0 unspecified atom stereocenters. The van der Waals surface area contributed by atoms with Crippen LogP contribution in [0.2, 0.25) is 0 Å². The van der Waals surface area contributed by atoms with Crippen LogP contribution in [0.15, 0.2) is 45.6 Å². The Bertz CT molecular complexity index is 895. The van der Waals surface area contributed by atoms with Gasteiger partial charge in [0.2, 0.25) is 0 Å². The van der Waals surface area contributed by atoms with E-state index in [0.29, 0.717) is 22.4 Å². The van der Waals surface area contributed by atoms with Crippen LogP contribution < -0.4 is 11.1 Å². The quantitative estimate of drug-likeness (QED) is 0.760. The Hall–Kier alpha value is -2.89. The number of anilines is 1. The summed E-state index contributed by atoms with van der Waals surface area (Å²) in [4.78, 5) is 25.6. The lowest BCUT2D eigenvalue weighted by molar-refractivity contribution is 0.102. The van der Waals surface area contributed by atoms with E-state index >= 15 is 0 Å². The third-order valence-corrected chi connectivity index (χ3v) is 3.11. The van der Waals surface area contributed by atoms with Crippen molar-refractivity contribution in [1.82, 2.24) is 4.98 Å². The van der Waals surface area contributed by atoms with Crippen LogP contribution in [0, 0.1) is 12.7 Å². The smallest absolute Gasteiger partial charge is 0.408 e. The predicted molar refractivity (Wildman–Crippen MR) is 75.9 cm³/mol. The van der Waals surface area contributed by atoms with E-state index in [0.717, 1.165) is 0 Å². The van der Waals surface area contributed by atoms with Crippen molar-refractivity contribution in [1.29, 1.82) is 0 Å². The highest BCUT2D eigenvalue weighted by molar-refractivity contribution is 6.05. The summed E-state index contributed by atoms with van der Waals surface area (Å²) in [5.41, 5.74) is 1.65. The highest BCUT2D eigenvalue weighted by atomic mass is 19.1. The average Bonchev–Trinajstić information content (AvgIpc) is 2.81. The van der Waals surface area contributed by atoms with E-state index in [-0.39, 0.29) is 5.56 Å². The van der Waals surface area contributed by atoms with Crippen LogP contribution in [0.3, 0.4) is 0 Å². The van der Waals surface area contributed by atoms with Gasteiger partial charge in [0.25, 0.3) is 5.91 Å². The van der Waals surface area contributed by atoms with Crippen LogP contribution in [0.25, 0.3) is 11.1 Å². The van der Waals surface area contributed by atoms with Crippen molar-refractivity contribution in [3.63, 3.8) is 0 Å². The lowest BCUT2D eigenvalue weighted by atomic mass is 10.1. The number of aromatic nitrogens is 1. The summed E-state index contributed by atoms with van der Waals surface area (Å²) >= 11 is 0. The Morgan fingerprint density at radius 2 is 2.10 bits per heavy atom. The first-order chi connectivity index (χ1) is 10.0. The number of hydrogen-bond acceptors (Lipinski definition) is 3.